The van der Waals surface area contributed by atoms with Gasteiger partial charge in [-0.2, -0.15) is 0 Å². The molecule has 58 heavy (non-hydrogen) atoms. The van der Waals surface area contributed by atoms with Crippen LogP contribution in [0.1, 0.15) is 258 Å². The number of hydrogen-bond acceptors (Lipinski definition) is 5. The lowest BCUT2D eigenvalue weighted by molar-refractivity contribution is -0.143. The van der Waals surface area contributed by atoms with Crippen LogP contribution in [0.2, 0.25) is 0 Å². The molecule has 0 aliphatic heterocycles. The molecule has 0 saturated heterocycles. The largest absolute Gasteiger partial charge is 0.466 e. The molecule has 0 saturated carbocycles. The summed E-state index contributed by atoms with van der Waals surface area (Å²) in [4.78, 5) is 24.4. The summed E-state index contributed by atoms with van der Waals surface area (Å²) in [6.45, 7) is 4.84. The van der Waals surface area contributed by atoms with Gasteiger partial charge >= 0.3 is 5.97 Å². The number of esters is 1. The summed E-state index contributed by atoms with van der Waals surface area (Å²) in [5.74, 6) is -0.0657. The highest BCUT2D eigenvalue weighted by atomic mass is 16.5. The highest BCUT2D eigenvalue weighted by Gasteiger charge is 2.20. The van der Waals surface area contributed by atoms with Crippen LogP contribution in [0.5, 0.6) is 0 Å². The molecule has 6 nitrogen and oxygen atoms in total. The third-order valence-corrected chi connectivity index (χ3v) is 11.4. The van der Waals surface area contributed by atoms with E-state index in [2.05, 4.69) is 55.6 Å². The van der Waals surface area contributed by atoms with Gasteiger partial charge in [0.25, 0.3) is 0 Å². The van der Waals surface area contributed by atoms with Gasteiger partial charge in [-0.05, 0) is 77.0 Å². The second kappa shape index (κ2) is 47.8. The molecule has 0 rings (SSSR count). The minimum Gasteiger partial charge on any atom is -0.466 e. The Kier molecular flexibility index (Phi) is 46.2. The Hall–Kier alpha value is -1.92. The van der Waals surface area contributed by atoms with E-state index < -0.39 is 12.1 Å². The molecule has 0 spiro atoms. The Labute approximate surface area is 360 Å². The Morgan fingerprint density at radius 3 is 1.40 bits per heavy atom. The van der Waals surface area contributed by atoms with Gasteiger partial charge in [-0.3, -0.25) is 9.59 Å². The molecule has 0 aromatic carbocycles. The van der Waals surface area contributed by atoms with Gasteiger partial charge in [-0.1, -0.05) is 204 Å². The Morgan fingerprint density at radius 2 is 0.897 bits per heavy atom. The maximum atomic E-state index is 12.4. The standard InChI is InChI=1S/C52H97NO5/c1-3-5-7-9-11-13-15-22-26-30-34-38-42-46-52(57)58-47-43-39-35-31-27-24-21-19-17-16-18-20-23-25-29-33-37-41-45-51(56)53-49(48-54)50(55)44-40-36-32-28-14-12-10-8-6-4-2/h7,9,13,15,18,20,49-50,54-55H,3-6,8,10-12,14,16-17,19,21-48H2,1-2H3,(H,53,56)/b9-7-,15-13-,20-18-. The minimum atomic E-state index is -0.671. The summed E-state index contributed by atoms with van der Waals surface area (Å²) in [6, 6.07) is -0.550. The zero-order valence-corrected chi connectivity index (χ0v) is 38.5. The average Bonchev–Trinajstić information content (AvgIpc) is 3.22. The Balaban J connectivity index is 3.45. The van der Waals surface area contributed by atoms with Crippen molar-refractivity contribution in [3.8, 4) is 0 Å². The number of unbranched alkanes of at least 4 members (excludes halogenated alkanes) is 29. The van der Waals surface area contributed by atoms with Crippen LogP contribution in [0, 0.1) is 0 Å². The molecule has 0 aliphatic carbocycles. The van der Waals surface area contributed by atoms with Gasteiger partial charge in [0.15, 0.2) is 0 Å². The van der Waals surface area contributed by atoms with Crippen LogP contribution in [-0.4, -0.2) is 47.4 Å². The smallest absolute Gasteiger partial charge is 0.305 e. The lowest BCUT2D eigenvalue weighted by Gasteiger charge is -2.22. The van der Waals surface area contributed by atoms with E-state index in [1.807, 2.05) is 0 Å². The summed E-state index contributed by atoms with van der Waals surface area (Å²) in [5.41, 5.74) is 0. The van der Waals surface area contributed by atoms with Crippen LogP contribution in [0.15, 0.2) is 36.5 Å². The molecular weight excluding hydrogens is 719 g/mol. The van der Waals surface area contributed by atoms with E-state index in [-0.39, 0.29) is 18.5 Å². The number of amides is 1. The molecule has 0 bridgehead atoms. The number of rotatable bonds is 46. The van der Waals surface area contributed by atoms with Crippen molar-refractivity contribution >= 4 is 11.9 Å². The van der Waals surface area contributed by atoms with Crippen molar-refractivity contribution in [2.24, 2.45) is 0 Å². The fourth-order valence-electron chi connectivity index (χ4n) is 7.49. The number of nitrogens with one attached hydrogen (secondary N) is 1. The first-order chi connectivity index (χ1) is 28.5. The normalized spacial score (nSPS) is 13.0. The van der Waals surface area contributed by atoms with Crippen molar-refractivity contribution < 1.29 is 24.5 Å². The van der Waals surface area contributed by atoms with Crippen molar-refractivity contribution in [3.05, 3.63) is 36.5 Å². The second-order valence-electron chi connectivity index (χ2n) is 17.1. The van der Waals surface area contributed by atoms with Gasteiger partial charge in [0, 0.05) is 12.8 Å². The predicted molar refractivity (Wildman–Crippen MR) is 250 cm³/mol. The quantitative estimate of drug-likeness (QED) is 0.0323. The number of aliphatic hydroxyl groups excluding tert-OH is 2. The maximum Gasteiger partial charge on any atom is 0.305 e. The average molecular weight is 816 g/mol. The maximum absolute atomic E-state index is 12.4. The van der Waals surface area contributed by atoms with Gasteiger partial charge in [-0.25, -0.2) is 0 Å². The molecule has 0 aliphatic rings. The monoisotopic (exact) mass is 816 g/mol. The summed E-state index contributed by atoms with van der Waals surface area (Å²) < 4.78 is 5.45. The van der Waals surface area contributed by atoms with Crippen molar-refractivity contribution in [2.75, 3.05) is 13.2 Å². The fraction of sp³-hybridized carbons (Fsp3) is 0.846. The topological polar surface area (TPSA) is 95.9 Å². The number of carbonyl (C=O) groups is 2. The van der Waals surface area contributed by atoms with E-state index in [9.17, 15) is 19.8 Å². The van der Waals surface area contributed by atoms with Crippen molar-refractivity contribution in [1.82, 2.24) is 5.32 Å². The fourth-order valence-corrected chi connectivity index (χ4v) is 7.49. The highest BCUT2D eigenvalue weighted by Crippen LogP contribution is 2.15. The molecule has 2 atom stereocenters. The van der Waals surface area contributed by atoms with Crippen LogP contribution in [0.3, 0.4) is 0 Å². The predicted octanol–water partition coefficient (Wildman–Crippen LogP) is 14.9. The third-order valence-electron chi connectivity index (χ3n) is 11.4. The molecule has 0 aromatic heterocycles. The zero-order valence-electron chi connectivity index (χ0n) is 38.5. The number of aliphatic hydroxyl groups is 2. The molecule has 0 radical (unpaired) electrons. The summed E-state index contributed by atoms with van der Waals surface area (Å²) in [7, 11) is 0. The molecule has 1 amide bonds. The van der Waals surface area contributed by atoms with E-state index in [1.165, 1.54) is 154 Å². The molecule has 6 heteroatoms. The zero-order chi connectivity index (χ0) is 42.3. The summed E-state index contributed by atoms with van der Waals surface area (Å²) >= 11 is 0. The van der Waals surface area contributed by atoms with E-state index in [1.54, 1.807) is 0 Å². The Bertz CT molecular complexity index is 946. The number of ether oxygens (including phenoxy) is 1. The number of carbonyl (C=O) groups excluding carboxylic acids is 2. The van der Waals surface area contributed by atoms with E-state index in [0.29, 0.717) is 25.9 Å². The van der Waals surface area contributed by atoms with Crippen LogP contribution in [-0.2, 0) is 14.3 Å². The summed E-state index contributed by atoms with van der Waals surface area (Å²) in [6.07, 6.45) is 56.9. The number of hydrogen-bond donors (Lipinski definition) is 3. The lowest BCUT2D eigenvalue weighted by atomic mass is 10.0. The SMILES string of the molecule is CCC/C=C\C/C=C\CCCCCCCC(=O)OCCCCCCCCCCC/C=C\CCCCCCCC(=O)NC(CO)C(O)CCCCCCCCCCCC. The van der Waals surface area contributed by atoms with E-state index >= 15 is 0 Å². The van der Waals surface area contributed by atoms with Crippen LogP contribution >= 0.6 is 0 Å². The van der Waals surface area contributed by atoms with Crippen LogP contribution in [0.25, 0.3) is 0 Å². The highest BCUT2D eigenvalue weighted by molar-refractivity contribution is 5.76. The molecule has 2 unspecified atom stereocenters. The van der Waals surface area contributed by atoms with Crippen molar-refractivity contribution in [3.63, 3.8) is 0 Å². The molecule has 340 valence electrons. The molecule has 0 fully saturated rings. The molecule has 0 aromatic rings. The molecule has 3 N–H and O–H groups in total. The van der Waals surface area contributed by atoms with Gasteiger partial charge in [0.05, 0.1) is 25.4 Å². The minimum absolute atomic E-state index is 0.0132. The second-order valence-corrected chi connectivity index (χ2v) is 17.1. The third kappa shape index (κ3) is 43.7. The first-order valence-electron chi connectivity index (χ1n) is 25.2. The molecular formula is C52H97NO5. The number of allylic oxidation sites excluding steroid dienone is 6. The van der Waals surface area contributed by atoms with Gasteiger partial charge in [0.1, 0.15) is 0 Å². The molecule has 0 heterocycles. The van der Waals surface area contributed by atoms with Crippen LogP contribution < -0.4 is 5.32 Å². The van der Waals surface area contributed by atoms with Crippen molar-refractivity contribution in [1.29, 1.82) is 0 Å². The lowest BCUT2D eigenvalue weighted by Crippen LogP contribution is -2.45. The summed E-state index contributed by atoms with van der Waals surface area (Å²) in [5, 5.41) is 23.1. The first kappa shape index (κ1) is 56.1. The first-order valence-corrected chi connectivity index (χ1v) is 25.2. The van der Waals surface area contributed by atoms with Gasteiger partial charge < -0.3 is 20.3 Å². The van der Waals surface area contributed by atoms with Gasteiger partial charge in [0.2, 0.25) is 5.91 Å². The van der Waals surface area contributed by atoms with Gasteiger partial charge in [-0.15, -0.1) is 0 Å². The van der Waals surface area contributed by atoms with Crippen LogP contribution in [0.4, 0.5) is 0 Å². The van der Waals surface area contributed by atoms with E-state index in [0.717, 1.165) is 70.6 Å². The van der Waals surface area contributed by atoms with E-state index in [4.69, 9.17) is 4.74 Å². The Morgan fingerprint density at radius 1 is 0.483 bits per heavy atom. The van der Waals surface area contributed by atoms with Crippen molar-refractivity contribution in [2.45, 2.75) is 270 Å².